The summed E-state index contributed by atoms with van der Waals surface area (Å²) in [4.78, 5) is 12.1. The smallest absolute Gasteiger partial charge is 0.330 e. The fourth-order valence-corrected chi connectivity index (χ4v) is 6.39. The largest absolute Gasteiger partial charge is 0.462 e. The highest BCUT2D eigenvalue weighted by Gasteiger charge is 2.59. The van der Waals surface area contributed by atoms with Gasteiger partial charge >= 0.3 is 5.97 Å². The lowest BCUT2D eigenvalue weighted by molar-refractivity contribution is -0.185. The number of carbonyl (C=O) groups is 1. The Labute approximate surface area is 177 Å². The van der Waals surface area contributed by atoms with Crippen LogP contribution in [0.1, 0.15) is 86.5 Å². The van der Waals surface area contributed by atoms with Crippen LogP contribution < -0.4 is 0 Å². The number of esters is 1. The molecule has 4 heteroatoms. The minimum absolute atomic E-state index is 0.0250. The lowest BCUT2D eigenvalue weighted by Gasteiger charge is -2.61. The van der Waals surface area contributed by atoms with Gasteiger partial charge in [0.1, 0.15) is 0 Å². The number of hydrogen-bond acceptors (Lipinski definition) is 4. The zero-order valence-electron chi connectivity index (χ0n) is 19.4. The summed E-state index contributed by atoms with van der Waals surface area (Å²) >= 11 is 0. The van der Waals surface area contributed by atoms with E-state index in [9.17, 15) is 15.0 Å². The zero-order chi connectivity index (χ0) is 21.9. The summed E-state index contributed by atoms with van der Waals surface area (Å²) < 4.78 is 5.69. The molecular weight excluding hydrogens is 364 g/mol. The summed E-state index contributed by atoms with van der Waals surface area (Å²) in [5.41, 5.74) is 1.43. The molecule has 0 aliphatic heterocycles. The number of hydrogen-bond donors (Lipinski definition) is 2. The lowest BCUT2D eigenvalue weighted by atomic mass is 9.45. The van der Waals surface area contributed by atoms with E-state index in [1.54, 1.807) is 6.08 Å². The molecule has 0 bridgehead atoms. The molecule has 5 atom stereocenters. The standard InChI is InChI=1S/C25H42O4/c1-18(2)16-22(27)29-17-23(4)12-7-13-24(5)20(23)10-14-25(6,28)21(24)9-8-19(3)11-15-26/h11,16,20-21,26,28H,7-10,12-15,17H2,1-6H3. The number of aliphatic hydroxyl groups excluding tert-OH is 1. The predicted molar refractivity (Wildman–Crippen MR) is 117 cm³/mol. The van der Waals surface area contributed by atoms with E-state index in [4.69, 9.17) is 4.74 Å². The highest BCUT2D eigenvalue weighted by Crippen LogP contribution is 2.63. The summed E-state index contributed by atoms with van der Waals surface area (Å²) in [7, 11) is 0. The Hall–Kier alpha value is -1.13. The van der Waals surface area contributed by atoms with E-state index in [1.165, 1.54) is 5.57 Å². The molecule has 2 saturated carbocycles. The molecule has 2 fully saturated rings. The van der Waals surface area contributed by atoms with Crippen molar-refractivity contribution < 1.29 is 19.7 Å². The first-order valence-electron chi connectivity index (χ1n) is 11.2. The summed E-state index contributed by atoms with van der Waals surface area (Å²) in [5.74, 6) is 0.377. The van der Waals surface area contributed by atoms with Crippen molar-refractivity contribution in [3.05, 3.63) is 23.3 Å². The fourth-order valence-electron chi connectivity index (χ4n) is 6.39. The van der Waals surface area contributed by atoms with E-state index in [1.807, 2.05) is 26.8 Å². The number of fused-ring (bicyclic) bond motifs is 1. The Kier molecular flexibility index (Phi) is 7.78. The van der Waals surface area contributed by atoms with Gasteiger partial charge in [-0.25, -0.2) is 4.79 Å². The third-order valence-corrected chi connectivity index (χ3v) is 7.80. The first-order chi connectivity index (χ1) is 13.4. The van der Waals surface area contributed by atoms with Crippen LogP contribution in [-0.2, 0) is 9.53 Å². The van der Waals surface area contributed by atoms with Crippen molar-refractivity contribution >= 4 is 5.97 Å². The van der Waals surface area contributed by atoms with Crippen LogP contribution in [0.15, 0.2) is 23.3 Å². The van der Waals surface area contributed by atoms with Gasteiger partial charge in [-0.1, -0.05) is 37.5 Å². The van der Waals surface area contributed by atoms with Crippen LogP contribution >= 0.6 is 0 Å². The van der Waals surface area contributed by atoms with Gasteiger partial charge in [0.2, 0.25) is 0 Å². The van der Waals surface area contributed by atoms with E-state index in [2.05, 4.69) is 20.8 Å². The molecule has 0 saturated heterocycles. The van der Waals surface area contributed by atoms with Crippen molar-refractivity contribution in [1.29, 1.82) is 0 Å². The van der Waals surface area contributed by atoms with Gasteiger partial charge in [0.05, 0.1) is 18.8 Å². The summed E-state index contributed by atoms with van der Waals surface area (Å²) in [6.45, 7) is 13.0. The molecule has 5 unspecified atom stereocenters. The van der Waals surface area contributed by atoms with Crippen LogP contribution in [-0.4, -0.2) is 35.0 Å². The first-order valence-corrected chi connectivity index (χ1v) is 11.2. The molecule has 0 heterocycles. The Morgan fingerprint density at radius 2 is 1.83 bits per heavy atom. The second-order valence-electron chi connectivity index (χ2n) is 10.6. The predicted octanol–water partition coefficient (Wildman–Crippen LogP) is 5.19. The van der Waals surface area contributed by atoms with E-state index >= 15 is 0 Å². The fraction of sp³-hybridized carbons (Fsp3) is 0.800. The monoisotopic (exact) mass is 406 g/mol. The molecule has 2 N–H and O–H groups in total. The Balaban J connectivity index is 2.23. The molecule has 4 nitrogen and oxygen atoms in total. The lowest BCUT2D eigenvalue weighted by Crippen LogP contribution is -2.59. The maximum Gasteiger partial charge on any atom is 0.330 e. The van der Waals surface area contributed by atoms with Gasteiger partial charge in [-0.05, 0) is 83.5 Å². The third-order valence-electron chi connectivity index (χ3n) is 7.80. The normalized spacial score (nSPS) is 37.6. The molecule has 0 amide bonds. The van der Waals surface area contributed by atoms with E-state index in [-0.39, 0.29) is 29.3 Å². The SMILES string of the molecule is CC(C)=CC(=O)OCC1(C)CCCC2(C)C(CCC(C)=CCO)C(C)(O)CCC12. The average Bonchev–Trinajstić information content (AvgIpc) is 2.58. The van der Waals surface area contributed by atoms with Crippen molar-refractivity contribution in [3.8, 4) is 0 Å². The minimum atomic E-state index is -0.679. The van der Waals surface area contributed by atoms with Gasteiger partial charge in [-0.15, -0.1) is 0 Å². The molecule has 166 valence electrons. The van der Waals surface area contributed by atoms with Gasteiger partial charge in [0.25, 0.3) is 0 Å². The Morgan fingerprint density at radius 1 is 1.14 bits per heavy atom. The summed E-state index contributed by atoms with van der Waals surface area (Å²) in [6.07, 6.45) is 10.3. The third kappa shape index (κ3) is 5.52. The second-order valence-corrected chi connectivity index (χ2v) is 10.6. The second kappa shape index (κ2) is 9.34. The Bertz CT molecular complexity index is 643. The van der Waals surface area contributed by atoms with Gasteiger partial charge in [0.15, 0.2) is 0 Å². The van der Waals surface area contributed by atoms with Gasteiger partial charge < -0.3 is 14.9 Å². The Morgan fingerprint density at radius 3 is 2.45 bits per heavy atom. The van der Waals surface area contributed by atoms with Crippen LogP contribution in [0.4, 0.5) is 0 Å². The number of rotatable bonds is 7. The molecule has 0 aromatic heterocycles. The quantitative estimate of drug-likeness (QED) is 0.347. The number of aliphatic hydroxyl groups is 2. The van der Waals surface area contributed by atoms with Crippen LogP contribution in [0.5, 0.6) is 0 Å². The summed E-state index contributed by atoms with van der Waals surface area (Å²) in [5, 5.41) is 20.5. The van der Waals surface area contributed by atoms with Crippen LogP contribution in [0.25, 0.3) is 0 Å². The molecule has 0 radical (unpaired) electrons. The van der Waals surface area contributed by atoms with Crippen molar-refractivity contribution in [3.63, 3.8) is 0 Å². The molecule has 2 rings (SSSR count). The van der Waals surface area contributed by atoms with Crippen molar-refractivity contribution in [2.75, 3.05) is 13.2 Å². The van der Waals surface area contributed by atoms with Gasteiger partial charge in [0, 0.05) is 11.5 Å². The number of carbonyl (C=O) groups excluding carboxylic acids is 1. The topological polar surface area (TPSA) is 66.8 Å². The molecule has 0 spiro atoms. The van der Waals surface area contributed by atoms with Crippen molar-refractivity contribution in [1.82, 2.24) is 0 Å². The van der Waals surface area contributed by atoms with Crippen LogP contribution in [0.3, 0.4) is 0 Å². The van der Waals surface area contributed by atoms with Gasteiger partial charge in [-0.3, -0.25) is 0 Å². The van der Waals surface area contributed by atoms with E-state index in [0.717, 1.165) is 50.5 Å². The van der Waals surface area contributed by atoms with E-state index in [0.29, 0.717) is 12.5 Å². The number of allylic oxidation sites excluding steroid dienone is 2. The maximum absolute atomic E-state index is 12.1. The van der Waals surface area contributed by atoms with Crippen LogP contribution in [0.2, 0.25) is 0 Å². The first kappa shape index (κ1) is 24.1. The molecule has 0 aromatic carbocycles. The average molecular weight is 407 g/mol. The highest BCUT2D eigenvalue weighted by molar-refractivity contribution is 5.82. The van der Waals surface area contributed by atoms with Crippen molar-refractivity contribution in [2.45, 2.75) is 92.1 Å². The van der Waals surface area contributed by atoms with E-state index < -0.39 is 5.60 Å². The van der Waals surface area contributed by atoms with Gasteiger partial charge in [-0.2, -0.15) is 0 Å². The minimum Gasteiger partial charge on any atom is -0.462 e. The summed E-state index contributed by atoms with van der Waals surface area (Å²) in [6, 6.07) is 0. The molecule has 2 aliphatic rings. The maximum atomic E-state index is 12.1. The highest BCUT2D eigenvalue weighted by atomic mass is 16.5. The molecule has 2 aliphatic carbocycles. The molecule has 29 heavy (non-hydrogen) atoms. The molecular formula is C25H42O4. The van der Waals surface area contributed by atoms with Crippen LogP contribution in [0, 0.1) is 22.7 Å². The number of ether oxygens (including phenoxy) is 1. The van der Waals surface area contributed by atoms with Crippen molar-refractivity contribution in [2.24, 2.45) is 22.7 Å². The molecule has 0 aromatic rings. The zero-order valence-corrected chi connectivity index (χ0v) is 19.4.